The van der Waals surface area contributed by atoms with Crippen molar-refractivity contribution in [3.05, 3.63) is 48.5 Å². The summed E-state index contributed by atoms with van der Waals surface area (Å²) in [7, 11) is 0. The first-order valence-electron chi connectivity index (χ1n) is 3.40. The second-order valence-corrected chi connectivity index (χ2v) is 2.35. The van der Waals surface area contributed by atoms with Crippen molar-refractivity contribution in [2.75, 3.05) is 0 Å². The molecule has 0 aromatic heterocycles. The maximum atomic E-state index is 2.12. The van der Waals surface area contributed by atoms with E-state index in [0.29, 0.717) is 0 Å². The third-order valence-corrected chi connectivity index (χ3v) is 1.66. The topological polar surface area (TPSA) is 0 Å². The minimum atomic E-state index is 0. The van der Waals surface area contributed by atoms with Gasteiger partial charge in [-0.2, -0.15) is 0 Å². The molecule has 0 saturated heterocycles. The molecular formula is C10H8Li3. The van der Waals surface area contributed by atoms with Crippen LogP contribution in [0, 0.1) is 0 Å². The second-order valence-electron chi connectivity index (χ2n) is 2.35. The van der Waals surface area contributed by atoms with Crippen molar-refractivity contribution in [2.24, 2.45) is 0 Å². The molecule has 0 unspecified atom stereocenters. The molecule has 0 amide bonds. The van der Waals surface area contributed by atoms with Crippen LogP contribution in [0.2, 0.25) is 0 Å². The Balaban J connectivity index is 0. The van der Waals surface area contributed by atoms with Crippen molar-refractivity contribution in [1.29, 1.82) is 0 Å². The normalized spacial score (nSPS) is 7.69. The summed E-state index contributed by atoms with van der Waals surface area (Å²) < 4.78 is 0. The molecule has 0 bridgehead atoms. The van der Waals surface area contributed by atoms with Crippen LogP contribution in [-0.2, 0) is 0 Å². The summed E-state index contributed by atoms with van der Waals surface area (Å²) in [5.41, 5.74) is 0. The maximum absolute atomic E-state index is 2.12. The van der Waals surface area contributed by atoms with Crippen LogP contribution in [0.15, 0.2) is 48.5 Å². The van der Waals surface area contributed by atoms with E-state index >= 15 is 0 Å². The molecule has 2 aromatic carbocycles. The van der Waals surface area contributed by atoms with Gasteiger partial charge in [0.1, 0.15) is 0 Å². The maximum Gasteiger partial charge on any atom is 0 e. The van der Waals surface area contributed by atoms with Crippen LogP contribution in [-0.4, -0.2) is 56.6 Å². The van der Waals surface area contributed by atoms with Gasteiger partial charge in [0, 0.05) is 56.6 Å². The van der Waals surface area contributed by atoms with Crippen LogP contribution in [0.3, 0.4) is 0 Å². The summed E-state index contributed by atoms with van der Waals surface area (Å²) in [6.07, 6.45) is 0. The fraction of sp³-hybridized carbons (Fsp3) is 0. The smallest absolute Gasteiger partial charge is 0 e. The first-order chi connectivity index (χ1) is 4.97. The Labute approximate surface area is 115 Å². The third-order valence-electron chi connectivity index (χ3n) is 1.66. The predicted octanol–water partition coefficient (Wildman–Crippen LogP) is 1.70. The number of rotatable bonds is 0. The van der Waals surface area contributed by atoms with Gasteiger partial charge in [-0.05, 0) is 10.8 Å². The largest absolute Gasteiger partial charge is 0.0616 e. The van der Waals surface area contributed by atoms with Gasteiger partial charge in [0.25, 0.3) is 0 Å². The quantitative estimate of drug-likeness (QED) is 0.500. The molecular weight excluding hydrogens is 141 g/mol. The molecule has 3 radical (unpaired) electrons. The molecule has 2 rings (SSSR count). The molecule has 0 atom stereocenters. The van der Waals surface area contributed by atoms with E-state index in [9.17, 15) is 0 Å². The minimum Gasteiger partial charge on any atom is -0.0616 e. The summed E-state index contributed by atoms with van der Waals surface area (Å²) in [5.74, 6) is 0. The fourth-order valence-corrected chi connectivity index (χ4v) is 1.13. The zero-order valence-electron chi connectivity index (χ0n) is 8.62. The zero-order valence-corrected chi connectivity index (χ0v) is 8.62. The van der Waals surface area contributed by atoms with E-state index in [0.717, 1.165) is 0 Å². The molecule has 0 saturated carbocycles. The Kier molecular flexibility index (Phi) is 9.63. The fourth-order valence-electron chi connectivity index (χ4n) is 1.13. The molecule has 3 heteroatoms. The molecule has 0 nitrogen and oxygen atoms in total. The number of hydrogen-bond acceptors (Lipinski definition) is 0. The van der Waals surface area contributed by atoms with Crippen LogP contribution in [0.25, 0.3) is 10.8 Å². The van der Waals surface area contributed by atoms with E-state index in [2.05, 4.69) is 48.5 Å². The van der Waals surface area contributed by atoms with Crippen molar-refractivity contribution in [3.63, 3.8) is 0 Å². The Bertz CT molecular complexity index is 281. The Morgan fingerprint density at radius 3 is 0.923 bits per heavy atom. The second kappa shape index (κ2) is 7.86. The Hall–Kier alpha value is 0.492. The molecule has 51 valence electrons. The van der Waals surface area contributed by atoms with Crippen LogP contribution in [0.5, 0.6) is 0 Å². The standard InChI is InChI=1S/C10H8.3Li/c1-2-6-10-8-4-3-7-9(10)5-1;;;/h1-8H;;;. The SMILES string of the molecule is [Li].[Li].[Li].c1ccc2ccccc2c1. The van der Waals surface area contributed by atoms with E-state index in [1.807, 2.05) is 0 Å². The van der Waals surface area contributed by atoms with Gasteiger partial charge in [0.2, 0.25) is 0 Å². The van der Waals surface area contributed by atoms with Crippen molar-refractivity contribution in [1.82, 2.24) is 0 Å². The molecule has 0 aliphatic carbocycles. The molecule has 0 N–H and O–H groups in total. The number of hydrogen-bond donors (Lipinski definition) is 0. The molecule has 0 aliphatic heterocycles. The Morgan fingerprint density at radius 1 is 0.462 bits per heavy atom. The monoisotopic (exact) mass is 149 g/mol. The van der Waals surface area contributed by atoms with Crippen molar-refractivity contribution in [3.8, 4) is 0 Å². The van der Waals surface area contributed by atoms with Crippen LogP contribution >= 0.6 is 0 Å². The van der Waals surface area contributed by atoms with Crippen molar-refractivity contribution < 1.29 is 0 Å². The molecule has 0 fully saturated rings. The van der Waals surface area contributed by atoms with Gasteiger partial charge < -0.3 is 0 Å². The summed E-state index contributed by atoms with van der Waals surface area (Å²) in [5, 5.41) is 2.62. The predicted molar refractivity (Wildman–Crippen MR) is 61.2 cm³/mol. The summed E-state index contributed by atoms with van der Waals surface area (Å²) in [4.78, 5) is 0. The molecule has 13 heavy (non-hydrogen) atoms. The van der Waals surface area contributed by atoms with E-state index in [4.69, 9.17) is 0 Å². The summed E-state index contributed by atoms with van der Waals surface area (Å²) in [6, 6.07) is 16.7. The van der Waals surface area contributed by atoms with Gasteiger partial charge in [-0.15, -0.1) is 0 Å². The van der Waals surface area contributed by atoms with Crippen LogP contribution < -0.4 is 0 Å². The molecule has 2 aromatic rings. The number of benzene rings is 2. The van der Waals surface area contributed by atoms with E-state index in [1.165, 1.54) is 10.8 Å². The van der Waals surface area contributed by atoms with Crippen molar-refractivity contribution >= 4 is 67.4 Å². The van der Waals surface area contributed by atoms with E-state index in [-0.39, 0.29) is 56.6 Å². The van der Waals surface area contributed by atoms with Gasteiger partial charge in [-0.3, -0.25) is 0 Å². The van der Waals surface area contributed by atoms with Gasteiger partial charge in [-0.1, -0.05) is 48.5 Å². The zero-order chi connectivity index (χ0) is 6.81. The summed E-state index contributed by atoms with van der Waals surface area (Å²) >= 11 is 0. The minimum absolute atomic E-state index is 0. The van der Waals surface area contributed by atoms with Gasteiger partial charge in [0.15, 0.2) is 0 Å². The molecule has 0 spiro atoms. The third kappa shape index (κ3) is 4.02. The average Bonchev–Trinajstić information content (AvgIpc) is 2.05. The first kappa shape index (κ1) is 15.9. The van der Waals surface area contributed by atoms with E-state index < -0.39 is 0 Å². The van der Waals surface area contributed by atoms with Crippen LogP contribution in [0.1, 0.15) is 0 Å². The van der Waals surface area contributed by atoms with Crippen molar-refractivity contribution in [2.45, 2.75) is 0 Å². The molecule has 0 aliphatic rings. The van der Waals surface area contributed by atoms with Crippen LogP contribution in [0.4, 0.5) is 0 Å². The van der Waals surface area contributed by atoms with Gasteiger partial charge in [-0.25, -0.2) is 0 Å². The first-order valence-corrected chi connectivity index (χ1v) is 3.40. The molecule has 0 heterocycles. The number of fused-ring (bicyclic) bond motifs is 1. The average molecular weight is 149 g/mol. The van der Waals surface area contributed by atoms with E-state index in [1.54, 1.807) is 0 Å². The Morgan fingerprint density at radius 2 is 0.692 bits per heavy atom. The van der Waals surface area contributed by atoms with Gasteiger partial charge in [0.05, 0.1) is 0 Å². The van der Waals surface area contributed by atoms with Gasteiger partial charge >= 0.3 is 0 Å². The summed E-state index contributed by atoms with van der Waals surface area (Å²) in [6.45, 7) is 0.